The SMILES string of the molecule is CCOC(=O)c1cnn2c(NC)cc(-c3cn(C4COC[C@H]4F)c4ncccc34)nc12. The van der Waals surface area contributed by atoms with Crippen LogP contribution >= 0.6 is 0 Å². The molecule has 0 aromatic carbocycles. The highest BCUT2D eigenvalue weighted by atomic mass is 19.1. The first-order valence-electron chi connectivity index (χ1n) is 10.0. The van der Waals surface area contributed by atoms with Gasteiger partial charge < -0.3 is 19.4 Å². The molecule has 0 spiro atoms. The number of nitrogens with zero attached hydrogens (tertiary/aromatic N) is 5. The maximum Gasteiger partial charge on any atom is 0.343 e. The first kappa shape index (κ1) is 19.4. The third-order valence-electron chi connectivity index (χ3n) is 5.43. The Labute approximate surface area is 176 Å². The van der Waals surface area contributed by atoms with E-state index in [2.05, 4.69) is 15.4 Å². The Kier molecular flexibility index (Phi) is 4.78. The van der Waals surface area contributed by atoms with Crippen LogP contribution in [0, 0.1) is 0 Å². The molecule has 0 amide bonds. The van der Waals surface area contributed by atoms with Gasteiger partial charge in [0.15, 0.2) is 5.65 Å². The summed E-state index contributed by atoms with van der Waals surface area (Å²) >= 11 is 0. The summed E-state index contributed by atoms with van der Waals surface area (Å²) in [5.74, 6) is 0.157. The third kappa shape index (κ3) is 3.10. The molecule has 0 aliphatic carbocycles. The smallest absolute Gasteiger partial charge is 0.343 e. The summed E-state index contributed by atoms with van der Waals surface area (Å²) in [6.07, 6.45) is 3.86. The first-order chi connectivity index (χ1) is 15.1. The van der Waals surface area contributed by atoms with Gasteiger partial charge in [0.05, 0.1) is 37.8 Å². The van der Waals surface area contributed by atoms with Crippen LogP contribution in [0.5, 0.6) is 0 Å². The summed E-state index contributed by atoms with van der Waals surface area (Å²) in [4.78, 5) is 21.6. The van der Waals surface area contributed by atoms with Crippen molar-refractivity contribution in [3.8, 4) is 11.3 Å². The van der Waals surface area contributed by atoms with Gasteiger partial charge in [0, 0.05) is 36.5 Å². The number of aromatic nitrogens is 5. The maximum absolute atomic E-state index is 14.5. The number of hydrogen-bond donors (Lipinski definition) is 1. The van der Waals surface area contributed by atoms with Gasteiger partial charge in [-0.15, -0.1) is 0 Å². The second-order valence-electron chi connectivity index (χ2n) is 7.24. The van der Waals surface area contributed by atoms with Crippen LogP contribution in [0.2, 0.25) is 0 Å². The Morgan fingerprint density at radius 1 is 1.39 bits per heavy atom. The molecular formula is C21H21FN6O3. The highest BCUT2D eigenvalue weighted by Gasteiger charge is 2.31. The molecule has 31 heavy (non-hydrogen) atoms. The fourth-order valence-electron chi connectivity index (χ4n) is 3.94. The quantitative estimate of drug-likeness (QED) is 0.492. The van der Waals surface area contributed by atoms with Crippen LogP contribution in [0.3, 0.4) is 0 Å². The van der Waals surface area contributed by atoms with Crippen molar-refractivity contribution in [1.82, 2.24) is 24.1 Å². The third-order valence-corrected chi connectivity index (χ3v) is 5.43. The van der Waals surface area contributed by atoms with E-state index in [4.69, 9.17) is 14.5 Å². The molecule has 10 heteroatoms. The molecular weight excluding hydrogens is 403 g/mol. The Morgan fingerprint density at radius 3 is 3.00 bits per heavy atom. The lowest BCUT2D eigenvalue weighted by Gasteiger charge is -2.13. The van der Waals surface area contributed by atoms with Crippen LogP contribution in [-0.4, -0.2) is 63.2 Å². The number of esters is 1. The van der Waals surface area contributed by atoms with Gasteiger partial charge in [0.1, 0.15) is 23.2 Å². The number of anilines is 1. The number of carbonyl (C=O) groups is 1. The van der Waals surface area contributed by atoms with Crippen molar-refractivity contribution >= 4 is 28.5 Å². The lowest BCUT2D eigenvalue weighted by atomic mass is 10.1. The summed E-state index contributed by atoms with van der Waals surface area (Å²) in [5, 5.41) is 8.19. The maximum atomic E-state index is 14.5. The topological polar surface area (TPSA) is 95.6 Å². The molecule has 1 fully saturated rings. The van der Waals surface area contributed by atoms with E-state index in [1.54, 1.807) is 24.7 Å². The van der Waals surface area contributed by atoms with Crippen LogP contribution in [0.25, 0.3) is 27.9 Å². The minimum atomic E-state index is -1.11. The van der Waals surface area contributed by atoms with Gasteiger partial charge >= 0.3 is 5.97 Å². The van der Waals surface area contributed by atoms with Crippen LogP contribution in [-0.2, 0) is 9.47 Å². The molecule has 0 radical (unpaired) electrons. The molecule has 4 aromatic rings. The predicted octanol–water partition coefficient (Wildman–Crippen LogP) is 2.87. The zero-order valence-corrected chi connectivity index (χ0v) is 17.1. The van der Waals surface area contributed by atoms with Gasteiger partial charge in [0.25, 0.3) is 0 Å². The number of ether oxygens (including phenoxy) is 2. The number of pyridine rings is 1. The van der Waals surface area contributed by atoms with E-state index >= 15 is 0 Å². The molecule has 160 valence electrons. The summed E-state index contributed by atoms with van der Waals surface area (Å²) in [6, 6.07) is 5.13. The number of halogens is 1. The molecule has 5 heterocycles. The van der Waals surface area contributed by atoms with Gasteiger partial charge in [-0.05, 0) is 19.1 Å². The lowest BCUT2D eigenvalue weighted by molar-refractivity contribution is 0.0528. The van der Waals surface area contributed by atoms with Crippen molar-refractivity contribution in [2.24, 2.45) is 0 Å². The van der Waals surface area contributed by atoms with E-state index in [1.165, 1.54) is 6.20 Å². The highest BCUT2D eigenvalue weighted by molar-refractivity contribution is 5.98. The molecule has 9 nitrogen and oxygen atoms in total. The predicted molar refractivity (Wildman–Crippen MR) is 112 cm³/mol. The number of rotatable bonds is 5. The van der Waals surface area contributed by atoms with Crippen LogP contribution < -0.4 is 5.32 Å². The van der Waals surface area contributed by atoms with E-state index in [9.17, 15) is 9.18 Å². The molecule has 0 bridgehead atoms. The monoisotopic (exact) mass is 424 g/mol. The highest BCUT2D eigenvalue weighted by Crippen LogP contribution is 2.35. The van der Waals surface area contributed by atoms with Crippen molar-refractivity contribution < 1.29 is 18.7 Å². The van der Waals surface area contributed by atoms with E-state index < -0.39 is 18.2 Å². The summed E-state index contributed by atoms with van der Waals surface area (Å²) in [6.45, 7) is 2.35. The zero-order valence-electron chi connectivity index (χ0n) is 17.1. The van der Waals surface area contributed by atoms with Gasteiger partial charge in [-0.1, -0.05) is 0 Å². The largest absolute Gasteiger partial charge is 0.462 e. The molecule has 4 aromatic heterocycles. The number of hydrogen-bond acceptors (Lipinski definition) is 7. The molecule has 2 atom stereocenters. The van der Waals surface area contributed by atoms with Crippen molar-refractivity contribution in [2.45, 2.75) is 19.1 Å². The normalized spacial score (nSPS) is 18.7. The Bertz CT molecular complexity index is 1280. The van der Waals surface area contributed by atoms with E-state index in [1.807, 2.05) is 29.0 Å². The summed E-state index contributed by atoms with van der Waals surface area (Å²) in [5.41, 5.74) is 2.68. The first-order valence-corrected chi connectivity index (χ1v) is 10.0. The van der Waals surface area contributed by atoms with Crippen LogP contribution in [0.15, 0.2) is 36.8 Å². The second-order valence-corrected chi connectivity index (χ2v) is 7.24. The van der Waals surface area contributed by atoms with Crippen molar-refractivity contribution in [1.29, 1.82) is 0 Å². The average molecular weight is 424 g/mol. The summed E-state index contributed by atoms with van der Waals surface area (Å²) < 4.78 is 28.3. The molecule has 1 saturated heterocycles. The number of nitrogens with one attached hydrogen (secondary N) is 1. The number of alkyl halides is 1. The van der Waals surface area contributed by atoms with Gasteiger partial charge in [0.2, 0.25) is 0 Å². The van der Waals surface area contributed by atoms with E-state index in [0.29, 0.717) is 22.8 Å². The minimum absolute atomic E-state index is 0.0688. The van der Waals surface area contributed by atoms with Gasteiger partial charge in [-0.2, -0.15) is 9.61 Å². The van der Waals surface area contributed by atoms with Gasteiger partial charge in [-0.25, -0.2) is 19.2 Å². The van der Waals surface area contributed by atoms with E-state index in [0.717, 1.165) is 10.9 Å². The fraction of sp³-hybridized carbons (Fsp3) is 0.333. The number of fused-ring (bicyclic) bond motifs is 2. The zero-order chi connectivity index (χ0) is 21.5. The van der Waals surface area contributed by atoms with Crippen molar-refractivity contribution in [3.63, 3.8) is 0 Å². The second kappa shape index (κ2) is 7.62. The fourth-order valence-corrected chi connectivity index (χ4v) is 3.94. The number of carbonyl (C=O) groups excluding carboxylic acids is 1. The molecule has 0 saturated carbocycles. The molecule has 1 aliphatic rings. The molecule has 5 rings (SSSR count). The minimum Gasteiger partial charge on any atom is -0.462 e. The Hall–Kier alpha value is -3.53. The molecule has 1 unspecified atom stereocenters. The van der Waals surface area contributed by atoms with Gasteiger partial charge in [-0.3, -0.25) is 0 Å². The van der Waals surface area contributed by atoms with E-state index in [-0.39, 0.29) is 25.4 Å². The molecule has 1 aliphatic heterocycles. The summed E-state index contributed by atoms with van der Waals surface area (Å²) in [7, 11) is 1.76. The standard InChI is InChI=1S/C21H21FN6O3/c1-3-31-21(29)13-8-25-28-18(23-2)7-16(26-20(13)28)14-9-27(17-11-30-10-15(17)22)19-12(14)5-4-6-24-19/h4-9,15,17,23H,3,10-11H2,1-2H3/t15-,17?/m1/s1. The van der Waals surface area contributed by atoms with Crippen LogP contribution in [0.4, 0.5) is 10.2 Å². The van der Waals surface area contributed by atoms with Crippen molar-refractivity contribution in [3.05, 3.63) is 42.4 Å². The van der Waals surface area contributed by atoms with Crippen LogP contribution in [0.1, 0.15) is 23.3 Å². The Morgan fingerprint density at radius 2 is 2.26 bits per heavy atom. The Balaban J connectivity index is 1.72. The molecule has 1 N–H and O–H groups in total. The average Bonchev–Trinajstić information content (AvgIpc) is 3.49. The lowest BCUT2D eigenvalue weighted by Crippen LogP contribution is -2.18. The van der Waals surface area contributed by atoms with Crippen molar-refractivity contribution in [2.75, 3.05) is 32.2 Å².